The fourth-order valence-electron chi connectivity index (χ4n) is 9.22. The van der Waals surface area contributed by atoms with Gasteiger partial charge in [0.25, 0.3) is 0 Å². The molecule has 1 aliphatic carbocycles. The van der Waals surface area contributed by atoms with Crippen LogP contribution in [-0.2, 0) is 5.41 Å². The molecule has 0 N–H and O–H groups in total. The maximum absolute atomic E-state index is 6.62. The molecule has 1 aliphatic heterocycles. The maximum Gasteiger partial charge on any atom is 0.145 e. The van der Waals surface area contributed by atoms with Crippen molar-refractivity contribution in [2.24, 2.45) is 0 Å². The maximum atomic E-state index is 6.62. The van der Waals surface area contributed by atoms with E-state index in [1.165, 1.54) is 59.7 Å². The molecule has 7 aromatic carbocycles. The monoisotopic (exact) mass is 706 g/mol. The quantitative estimate of drug-likeness (QED) is 0.179. The molecule has 0 saturated heterocycles. The standard InChI is InChI=1S/C50H30N2OS/c1-2-12-35(13-3-1)52-44-25-24-33(27-38(44)37-15-10-26-51-49(37)52)34-23-22-32-21-20-31-11-4-6-16-40(31)50(42(32)28-34)41-17-7-9-19-47(41)54-48-29-39-36-14-5-8-18-45(36)53-46(39)30-43(48)50/h1-30H. The van der Waals surface area contributed by atoms with E-state index in [4.69, 9.17) is 9.40 Å². The van der Waals surface area contributed by atoms with Crippen molar-refractivity contribution in [3.8, 4) is 16.8 Å². The average molecular weight is 707 g/mol. The van der Waals surface area contributed by atoms with Crippen LogP contribution in [-0.4, -0.2) is 9.55 Å². The molecule has 0 radical (unpaired) electrons. The summed E-state index contributed by atoms with van der Waals surface area (Å²) in [6, 6.07) is 59.7. The molecule has 1 spiro atoms. The van der Waals surface area contributed by atoms with Crippen LogP contribution in [0.25, 0.3) is 72.8 Å². The van der Waals surface area contributed by atoms with Crippen LogP contribution in [0.3, 0.4) is 0 Å². The molecule has 4 heterocycles. The van der Waals surface area contributed by atoms with Crippen molar-refractivity contribution in [1.82, 2.24) is 9.55 Å². The molecule has 3 nitrogen and oxygen atoms in total. The van der Waals surface area contributed by atoms with Crippen molar-refractivity contribution in [2.45, 2.75) is 15.2 Å². The van der Waals surface area contributed by atoms with Crippen LogP contribution in [0.4, 0.5) is 0 Å². The summed E-state index contributed by atoms with van der Waals surface area (Å²) in [5.41, 5.74) is 14.3. The Kier molecular flexibility index (Phi) is 6.20. The smallest absolute Gasteiger partial charge is 0.145 e. The first-order valence-corrected chi connectivity index (χ1v) is 19.2. The zero-order valence-corrected chi connectivity index (χ0v) is 29.8. The average Bonchev–Trinajstić information content (AvgIpc) is 3.72. The van der Waals surface area contributed by atoms with Gasteiger partial charge in [0.1, 0.15) is 16.8 Å². The lowest BCUT2D eigenvalue weighted by Gasteiger charge is -2.43. The predicted molar refractivity (Wildman–Crippen MR) is 223 cm³/mol. The lowest BCUT2D eigenvalue weighted by molar-refractivity contribution is 0.659. The van der Waals surface area contributed by atoms with E-state index < -0.39 is 5.41 Å². The summed E-state index contributed by atoms with van der Waals surface area (Å²) in [7, 11) is 0. The molecule has 0 amide bonds. The first-order chi connectivity index (χ1) is 26.8. The van der Waals surface area contributed by atoms with Crippen molar-refractivity contribution < 1.29 is 4.42 Å². The number of furan rings is 1. The molecule has 252 valence electrons. The number of pyridine rings is 1. The minimum absolute atomic E-state index is 0.604. The number of aromatic nitrogens is 2. The van der Waals surface area contributed by atoms with Crippen LogP contribution >= 0.6 is 11.8 Å². The van der Waals surface area contributed by atoms with Crippen LogP contribution < -0.4 is 0 Å². The lowest BCUT2D eigenvalue weighted by Crippen LogP contribution is -2.35. The SMILES string of the molecule is C1=Cc2ccc(-c3ccc4c(c3)c3cccnc3n4-c3ccccc3)cc2C2(c3ccccc31)c1ccccc1Sc1cc3c(cc12)oc1ccccc13. The van der Waals surface area contributed by atoms with Crippen molar-refractivity contribution in [2.75, 3.05) is 0 Å². The van der Waals surface area contributed by atoms with E-state index in [1.807, 2.05) is 24.0 Å². The van der Waals surface area contributed by atoms with Gasteiger partial charge >= 0.3 is 0 Å². The number of benzene rings is 7. The van der Waals surface area contributed by atoms with Gasteiger partial charge in [-0.15, -0.1) is 0 Å². The largest absolute Gasteiger partial charge is 0.456 e. The van der Waals surface area contributed by atoms with Crippen LogP contribution in [0.1, 0.15) is 33.4 Å². The predicted octanol–water partition coefficient (Wildman–Crippen LogP) is 13.1. The Hall–Kier alpha value is -6.62. The number of hydrogen-bond donors (Lipinski definition) is 0. The molecule has 12 rings (SSSR count). The molecule has 2 aliphatic rings. The highest BCUT2D eigenvalue weighted by atomic mass is 32.2. The van der Waals surface area contributed by atoms with Gasteiger partial charge in [-0.1, -0.05) is 121 Å². The van der Waals surface area contributed by atoms with Crippen LogP contribution in [0, 0.1) is 0 Å². The van der Waals surface area contributed by atoms with Crippen LogP contribution in [0.15, 0.2) is 184 Å². The highest BCUT2D eigenvalue weighted by Crippen LogP contribution is 2.59. The number of rotatable bonds is 2. The normalized spacial score (nSPS) is 15.7. The van der Waals surface area contributed by atoms with Crippen molar-refractivity contribution in [3.63, 3.8) is 0 Å². The Labute approximate surface area is 315 Å². The number of para-hydroxylation sites is 2. The van der Waals surface area contributed by atoms with Crippen LogP contribution in [0.2, 0.25) is 0 Å². The fourth-order valence-corrected chi connectivity index (χ4v) is 10.4. The van der Waals surface area contributed by atoms with Crippen molar-refractivity contribution in [1.29, 1.82) is 0 Å². The molecule has 0 bridgehead atoms. The van der Waals surface area contributed by atoms with Gasteiger partial charge < -0.3 is 4.42 Å². The molecular weight excluding hydrogens is 677 g/mol. The molecule has 1 atom stereocenters. The van der Waals surface area contributed by atoms with Gasteiger partial charge in [0.05, 0.1) is 10.9 Å². The molecule has 4 heteroatoms. The zero-order valence-electron chi connectivity index (χ0n) is 29.0. The fraction of sp³-hybridized carbons (Fsp3) is 0.0200. The van der Waals surface area contributed by atoms with E-state index in [0.29, 0.717) is 0 Å². The Morgan fingerprint density at radius 3 is 2.15 bits per heavy atom. The van der Waals surface area contributed by atoms with Gasteiger partial charge in [0.15, 0.2) is 0 Å². The van der Waals surface area contributed by atoms with E-state index in [-0.39, 0.29) is 0 Å². The van der Waals surface area contributed by atoms with Crippen LogP contribution in [0.5, 0.6) is 0 Å². The van der Waals surface area contributed by atoms with Crippen molar-refractivity contribution >= 4 is 67.8 Å². The molecule has 10 aromatic rings. The summed E-state index contributed by atoms with van der Waals surface area (Å²) < 4.78 is 8.89. The molecular formula is C50H30N2OS. The third-order valence-corrected chi connectivity index (χ3v) is 12.7. The van der Waals surface area contributed by atoms with Gasteiger partial charge in [0.2, 0.25) is 0 Å². The van der Waals surface area contributed by atoms with Gasteiger partial charge in [0, 0.05) is 43.2 Å². The van der Waals surface area contributed by atoms with Gasteiger partial charge in [-0.3, -0.25) is 4.57 Å². The molecule has 54 heavy (non-hydrogen) atoms. The molecule has 0 saturated carbocycles. The van der Waals surface area contributed by atoms with Gasteiger partial charge in [-0.25, -0.2) is 4.98 Å². The third-order valence-electron chi connectivity index (χ3n) is 11.5. The summed E-state index contributed by atoms with van der Waals surface area (Å²) in [5.74, 6) is 0. The zero-order chi connectivity index (χ0) is 35.4. The number of nitrogens with zero attached hydrogens (tertiary/aromatic N) is 2. The first kappa shape index (κ1) is 29.9. The van der Waals surface area contributed by atoms with E-state index in [0.717, 1.165) is 44.2 Å². The summed E-state index contributed by atoms with van der Waals surface area (Å²) >= 11 is 1.87. The summed E-state index contributed by atoms with van der Waals surface area (Å²) in [6.07, 6.45) is 6.48. The summed E-state index contributed by atoms with van der Waals surface area (Å²) in [6.45, 7) is 0. The Balaban J connectivity index is 1.16. The molecule has 1 unspecified atom stereocenters. The highest BCUT2D eigenvalue weighted by Gasteiger charge is 2.47. The Morgan fingerprint density at radius 1 is 0.481 bits per heavy atom. The minimum atomic E-state index is -0.604. The lowest BCUT2D eigenvalue weighted by atomic mass is 9.63. The van der Waals surface area contributed by atoms with E-state index >= 15 is 0 Å². The third kappa shape index (κ3) is 4.06. The van der Waals surface area contributed by atoms with Gasteiger partial charge in [-0.2, -0.15) is 0 Å². The number of hydrogen-bond acceptors (Lipinski definition) is 3. The second-order valence-corrected chi connectivity index (χ2v) is 15.4. The summed E-state index contributed by atoms with van der Waals surface area (Å²) in [5, 5.41) is 4.63. The Bertz CT molecular complexity index is 3210. The van der Waals surface area contributed by atoms with E-state index in [1.54, 1.807) is 0 Å². The van der Waals surface area contributed by atoms with Crippen molar-refractivity contribution in [3.05, 3.63) is 203 Å². The second-order valence-electron chi connectivity index (χ2n) is 14.3. The number of fused-ring (bicyclic) bond motifs is 14. The van der Waals surface area contributed by atoms with E-state index in [9.17, 15) is 0 Å². The topological polar surface area (TPSA) is 31.0 Å². The first-order valence-electron chi connectivity index (χ1n) is 18.4. The molecule has 0 fully saturated rings. The van der Waals surface area contributed by atoms with E-state index in [2.05, 4.69) is 174 Å². The second kappa shape index (κ2) is 11.2. The molecule has 3 aromatic heterocycles. The highest BCUT2D eigenvalue weighted by molar-refractivity contribution is 7.99. The minimum Gasteiger partial charge on any atom is -0.456 e. The van der Waals surface area contributed by atoms with Gasteiger partial charge in [-0.05, 0) is 111 Å². The summed E-state index contributed by atoms with van der Waals surface area (Å²) in [4.78, 5) is 7.39. The Morgan fingerprint density at radius 2 is 1.22 bits per heavy atom.